The Morgan fingerprint density at radius 1 is 1.43 bits per heavy atom. The van der Waals surface area contributed by atoms with Gasteiger partial charge in [-0.3, -0.25) is 4.79 Å². The molecule has 124 valence electrons. The largest absolute Gasteiger partial charge is 0.378 e. The van der Waals surface area contributed by atoms with Crippen molar-refractivity contribution in [1.29, 1.82) is 0 Å². The maximum atomic E-state index is 12.4. The van der Waals surface area contributed by atoms with Crippen LogP contribution >= 0.6 is 0 Å². The molecule has 1 amide bonds. The number of carbonyl (C=O) groups excluding carboxylic acids is 1. The van der Waals surface area contributed by atoms with Crippen molar-refractivity contribution in [2.24, 2.45) is 5.92 Å². The molecule has 23 heavy (non-hydrogen) atoms. The summed E-state index contributed by atoms with van der Waals surface area (Å²) >= 11 is 0. The number of nitrogens with zero attached hydrogens (tertiary/aromatic N) is 1. The number of carbonyl (C=O) groups is 1. The smallest absolute Gasteiger partial charge is 0.222 e. The molecular weight excluding hydrogens is 292 g/mol. The van der Waals surface area contributed by atoms with Crippen molar-refractivity contribution < 1.29 is 9.53 Å². The number of aromatic nitrogens is 2. The second-order valence-corrected chi connectivity index (χ2v) is 6.36. The number of morpholine rings is 1. The average molecular weight is 316 g/mol. The normalized spacial score (nSPS) is 19.9. The van der Waals surface area contributed by atoms with E-state index < -0.39 is 0 Å². The van der Waals surface area contributed by atoms with Crippen molar-refractivity contribution >= 4 is 16.9 Å². The zero-order chi connectivity index (χ0) is 16.2. The van der Waals surface area contributed by atoms with Gasteiger partial charge in [0.15, 0.2) is 0 Å². The van der Waals surface area contributed by atoms with Crippen molar-refractivity contribution in [2.75, 3.05) is 19.8 Å². The zero-order valence-corrected chi connectivity index (χ0v) is 13.6. The van der Waals surface area contributed by atoms with Gasteiger partial charge in [0.05, 0.1) is 30.3 Å². The molecule has 1 fully saturated rings. The number of nitrogens with one attached hydrogen (secondary N) is 3. The summed E-state index contributed by atoms with van der Waals surface area (Å²) in [7, 11) is 0. The van der Waals surface area contributed by atoms with Crippen molar-refractivity contribution in [3.05, 3.63) is 30.1 Å². The fraction of sp³-hybridized carbons (Fsp3) is 0.529. The van der Waals surface area contributed by atoms with E-state index in [1.165, 1.54) is 0 Å². The van der Waals surface area contributed by atoms with Gasteiger partial charge in [-0.1, -0.05) is 26.0 Å². The molecule has 3 N–H and O–H groups in total. The van der Waals surface area contributed by atoms with Gasteiger partial charge in [-0.2, -0.15) is 0 Å². The van der Waals surface area contributed by atoms with Gasteiger partial charge in [-0.25, -0.2) is 4.98 Å². The molecule has 0 aliphatic carbocycles. The second kappa shape index (κ2) is 7.10. The Morgan fingerprint density at radius 2 is 2.26 bits per heavy atom. The predicted octanol–water partition coefficient (Wildman–Crippen LogP) is 1.75. The summed E-state index contributed by atoms with van der Waals surface area (Å²) < 4.78 is 5.40. The van der Waals surface area contributed by atoms with Gasteiger partial charge < -0.3 is 20.4 Å². The van der Waals surface area contributed by atoms with Crippen LogP contribution in [0.5, 0.6) is 0 Å². The molecular formula is C17H24N4O2. The molecule has 6 heteroatoms. The number of aromatic amines is 1. The Labute approximate surface area is 136 Å². The number of benzene rings is 1. The van der Waals surface area contributed by atoms with E-state index in [1.54, 1.807) is 0 Å². The van der Waals surface area contributed by atoms with Gasteiger partial charge in [0.25, 0.3) is 0 Å². The molecule has 0 radical (unpaired) electrons. The summed E-state index contributed by atoms with van der Waals surface area (Å²) in [5.41, 5.74) is 1.91. The van der Waals surface area contributed by atoms with Crippen LogP contribution in [0.4, 0.5) is 0 Å². The van der Waals surface area contributed by atoms with Crippen molar-refractivity contribution in [3.63, 3.8) is 0 Å². The molecule has 2 heterocycles. The highest BCUT2D eigenvalue weighted by Crippen LogP contribution is 2.22. The molecule has 0 saturated carbocycles. The molecule has 1 aromatic heterocycles. The molecule has 6 nitrogen and oxygen atoms in total. The van der Waals surface area contributed by atoms with Crippen molar-refractivity contribution in [1.82, 2.24) is 20.6 Å². The first-order valence-electron chi connectivity index (χ1n) is 8.18. The molecule has 2 unspecified atom stereocenters. The Hall–Kier alpha value is -1.92. The van der Waals surface area contributed by atoms with Crippen LogP contribution in [0.2, 0.25) is 0 Å². The fourth-order valence-corrected chi connectivity index (χ4v) is 2.88. The number of ether oxygens (including phenoxy) is 1. The Kier molecular flexibility index (Phi) is 4.93. The molecule has 1 saturated heterocycles. The number of fused-ring (bicyclic) bond motifs is 1. The van der Waals surface area contributed by atoms with Crippen LogP contribution in [-0.4, -0.2) is 41.7 Å². The van der Waals surface area contributed by atoms with Gasteiger partial charge in [-0.15, -0.1) is 0 Å². The third-order valence-corrected chi connectivity index (χ3v) is 4.12. The zero-order valence-electron chi connectivity index (χ0n) is 13.6. The monoisotopic (exact) mass is 316 g/mol. The minimum Gasteiger partial charge on any atom is -0.378 e. The maximum Gasteiger partial charge on any atom is 0.222 e. The first-order valence-corrected chi connectivity index (χ1v) is 8.18. The summed E-state index contributed by atoms with van der Waals surface area (Å²) in [6, 6.07) is 7.87. The Morgan fingerprint density at radius 3 is 2.96 bits per heavy atom. The molecule has 1 aromatic carbocycles. The fourth-order valence-electron chi connectivity index (χ4n) is 2.88. The van der Waals surface area contributed by atoms with E-state index in [-0.39, 0.29) is 23.9 Å². The number of H-pyrrole nitrogens is 1. The molecule has 1 aliphatic heterocycles. The lowest BCUT2D eigenvalue weighted by Crippen LogP contribution is -2.45. The van der Waals surface area contributed by atoms with Crippen LogP contribution in [0, 0.1) is 5.92 Å². The molecule has 1 aliphatic rings. The van der Waals surface area contributed by atoms with Gasteiger partial charge in [0, 0.05) is 19.0 Å². The maximum absolute atomic E-state index is 12.4. The second-order valence-electron chi connectivity index (χ2n) is 6.36. The van der Waals surface area contributed by atoms with E-state index >= 15 is 0 Å². The van der Waals surface area contributed by atoms with Gasteiger partial charge in [0.1, 0.15) is 5.82 Å². The number of rotatable bonds is 5. The highest BCUT2D eigenvalue weighted by Gasteiger charge is 2.24. The molecule has 0 bridgehead atoms. The van der Waals surface area contributed by atoms with Crippen LogP contribution in [0.3, 0.4) is 0 Å². The summed E-state index contributed by atoms with van der Waals surface area (Å²) in [5, 5.41) is 6.42. The Balaban J connectivity index is 1.69. The molecule has 3 rings (SSSR count). The minimum atomic E-state index is -0.126. The number of hydrogen-bond acceptors (Lipinski definition) is 4. The van der Waals surface area contributed by atoms with E-state index in [1.807, 2.05) is 24.3 Å². The van der Waals surface area contributed by atoms with Crippen molar-refractivity contribution in [3.8, 4) is 0 Å². The van der Waals surface area contributed by atoms with Gasteiger partial charge in [-0.05, 0) is 18.1 Å². The Bertz CT molecular complexity index is 628. The van der Waals surface area contributed by atoms with E-state index in [0.717, 1.165) is 23.4 Å². The highest BCUT2D eigenvalue weighted by atomic mass is 16.5. The predicted molar refractivity (Wildman–Crippen MR) is 89.0 cm³/mol. The number of para-hydroxylation sites is 2. The van der Waals surface area contributed by atoms with Crippen molar-refractivity contribution in [2.45, 2.75) is 32.4 Å². The number of amides is 1. The quantitative estimate of drug-likeness (QED) is 0.785. The SMILES string of the molecule is CC(C)C(NC(=O)CC1COCCN1)c1nc2ccccc2[nH]1. The van der Waals surface area contributed by atoms with E-state index in [2.05, 4.69) is 34.4 Å². The third-order valence-electron chi connectivity index (χ3n) is 4.12. The lowest BCUT2D eigenvalue weighted by molar-refractivity contribution is -0.123. The topological polar surface area (TPSA) is 79.0 Å². The first kappa shape index (κ1) is 16.0. The number of hydrogen-bond donors (Lipinski definition) is 3. The summed E-state index contributed by atoms with van der Waals surface area (Å²) in [6.07, 6.45) is 0.420. The van der Waals surface area contributed by atoms with E-state index in [0.29, 0.717) is 19.6 Å². The van der Waals surface area contributed by atoms with Crippen LogP contribution in [0.1, 0.15) is 32.1 Å². The molecule has 2 aromatic rings. The van der Waals surface area contributed by atoms with Crippen LogP contribution in [0.15, 0.2) is 24.3 Å². The average Bonchev–Trinajstić information content (AvgIpc) is 2.97. The summed E-state index contributed by atoms with van der Waals surface area (Å²) in [5.74, 6) is 1.07. The highest BCUT2D eigenvalue weighted by molar-refractivity contribution is 5.78. The van der Waals surface area contributed by atoms with Crippen LogP contribution in [0.25, 0.3) is 11.0 Å². The van der Waals surface area contributed by atoms with E-state index in [9.17, 15) is 4.79 Å². The van der Waals surface area contributed by atoms with E-state index in [4.69, 9.17) is 4.74 Å². The van der Waals surface area contributed by atoms with Crippen LogP contribution in [-0.2, 0) is 9.53 Å². The number of imidazole rings is 1. The van der Waals surface area contributed by atoms with Crippen LogP contribution < -0.4 is 10.6 Å². The molecule has 0 spiro atoms. The first-order chi connectivity index (χ1) is 11.1. The lowest BCUT2D eigenvalue weighted by Gasteiger charge is -2.25. The standard InChI is InChI=1S/C17H24N4O2/c1-11(2)16(17-19-13-5-3-4-6-14(13)20-17)21-15(22)9-12-10-23-8-7-18-12/h3-6,11-12,16,18H,7-10H2,1-2H3,(H,19,20)(H,21,22). The lowest BCUT2D eigenvalue weighted by atomic mass is 10.0. The molecule has 2 atom stereocenters. The van der Waals surface area contributed by atoms with Gasteiger partial charge in [0.2, 0.25) is 5.91 Å². The third kappa shape index (κ3) is 3.89. The minimum absolute atomic E-state index is 0.0205. The summed E-state index contributed by atoms with van der Waals surface area (Å²) in [4.78, 5) is 20.3. The summed E-state index contributed by atoms with van der Waals surface area (Å²) in [6.45, 7) is 6.27. The van der Waals surface area contributed by atoms with Gasteiger partial charge >= 0.3 is 0 Å².